The lowest BCUT2D eigenvalue weighted by atomic mass is 9.81. The molecule has 0 bridgehead atoms. The van der Waals surface area contributed by atoms with Gasteiger partial charge in [0.2, 0.25) is 0 Å². The Labute approximate surface area is 204 Å². The summed E-state index contributed by atoms with van der Waals surface area (Å²) >= 11 is 0. The Morgan fingerprint density at radius 1 is 1.00 bits per heavy atom. The molecule has 34 heavy (non-hydrogen) atoms. The zero-order valence-electron chi connectivity index (χ0n) is 18.5. The van der Waals surface area contributed by atoms with Crippen LogP contribution in [-0.2, 0) is 26.2 Å². The molecule has 1 aliphatic rings. The van der Waals surface area contributed by atoms with Gasteiger partial charge in [-0.15, -0.1) is 12.4 Å². The van der Waals surface area contributed by atoms with E-state index in [1.165, 1.54) is 12.0 Å². The molecule has 10 heteroatoms. The van der Waals surface area contributed by atoms with E-state index in [4.69, 9.17) is 10.5 Å². The maximum Gasteiger partial charge on any atom is 0.269 e. The Morgan fingerprint density at radius 2 is 1.68 bits per heavy atom. The lowest BCUT2D eigenvalue weighted by Crippen LogP contribution is -2.41. The van der Waals surface area contributed by atoms with E-state index in [2.05, 4.69) is 4.99 Å². The van der Waals surface area contributed by atoms with Gasteiger partial charge in [-0.25, -0.2) is 4.99 Å². The van der Waals surface area contributed by atoms with E-state index < -0.39 is 21.4 Å². The van der Waals surface area contributed by atoms with Crippen LogP contribution in [0.15, 0.2) is 77.8 Å². The van der Waals surface area contributed by atoms with E-state index in [0.717, 1.165) is 5.56 Å². The van der Waals surface area contributed by atoms with Gasteiger partial charge in [-0.05, 0) is 52.1 Å². The minimum absolute atomic E-state index is 0. The number of guanidine groups is 1. The molecule has 0 aliphatic carbocycles. The van der Waals surface area contributed by atoms with E-state index in [1.807, 2.05) is 48.5 Å². The second kappa shape index (κ2) is 9.46. The van der Waals surface area contributed by atoms with Crippen LogP contribution in [0.3, 0.4) is 0 Å². The number of aliphatic imine (C=N–C) groups is 1. The summed E-state index contributed by atoms with van der Waals surface area (Å²) in [5.41, 5.74) is 7.74. The fraction of sp³-hybridized carbons (Fsp3) is 0.167. The van der Waals surface area contributed by atoms with Gasteiger partial charge in [-0.2, -0.15) is 8.42 Å². The molecule has 0 unspecified atom stereocenters. The summed E-state index contributed by atoms with van der Waals surface area (Å²) in [6, 6.07) is 21.4. The fourth-order valence-electron chi connectivity index (χ4n) is 4.03. The van der Waals surface area contributed by atoms with E-state index in [9.17, 15) is 17.8 Å². The molecule has 178 valence electrons. The normalized spacial score (nSPS) is 17.8. The van der Waals surface area contributed by atoms with Crippen LogP contribution in [0.1, 0.15) is 16.7 Å². The van der Waals surface area contributed by atoms with Gasteiger partial charge in [0.05, 0.1) is 7.11 Å². The molecule has 4 rings (SSSR count). The zero-order valence-corrected chi connectivity index (χ0v) is 20.1. The van der Waals surface area contributed by atoms with E-state index in [1.54, 1.807) is 31.3 Å². The second-order valence-corrected chi connectivity index (χ2v) is 9.24. The Kier molecular flexibility index (Phi) is 7.02. The third-order valence-electron chi connectivity index (χ3n) is 5.60. The van der Waals surface area contributed by atoms with Crippen molar-refractivity contribution in [3.05, 3.63) is 89.5 Å². The quantitative estimate of drug-likeness (QED) is 0.500. The Hall–Kier alpha value is -3.40. The van der Waals surface area contributed by atoms with Crippen molar-refractivity contribution in [3.63, 3.8) is 0 Å². The summed E-state index contributed by atoms with van der Waals surface area (Å²) in [5, 5.41) is 0. The lowest BCUT2D eigenvalue weighted by Gasteiger charge is -2.26. The Bertz CT molecular complexity index is 1360. The van der Waals surface area contributed by atoms with Crippen molar-refractivity contribution in [2.24, 2.45) is 10.7 Å². The molecule has 1 heterocycles. The molecule has 1 atom stereocenters. The molecule has 1 aliphatic heterocycles. The lowest BCUT2D eigenvalue weighted by molar-refractivity contribution is -0.129. The van der Waals surface area contributed by atoms with Crippen molar-refractivity contribution >= 4 is 34.4 Å². The first-order valence-electron chi connectivity index (χ1n) is 10.1. The van der Waals surface area contributed by atoms with E-state index in [0.29, 0.717) is 28.0 Å². The zero-order chi connectivity index (χ0) is 23.8. The van der Waals surface area contributed by atoms with Crippen molar-refractivity contribution in [1.82, 2.24) is 4.90 Å². The molecule has 0 fully saturated rings. The van der Waals surface area contributed by atoms with Crippen molar-refractivity contribution < 1.29 is 22.5 Å². The van der Waals surface area contributed by atoms with E-state index in [-0.39, 0.29) is 24.3 Å². The van der Waals surface area contributed by atoms with Gasteiger partial charge in [-0.1, -0.05) is 48.5 Å². The highest BCUT2D eigenvalue weighted by atomic mass is 35.5. The number of rotatable bonds is 6. The van der Waals surface area contributed by atoms with Crippen molar-refractivity contribution in [1.29, 1.82) is 0 Å². The number of methoxy groups -OCH3 is 1. The van der Waals surface area contributed by atoms with Crippen LogP contribution in [0.4, 0.5) is 0 Å². The number of carbonyl (C=O) groups is 1. The molecule has 0 radical (unpaired) electrons. The van der Waals surface area contributed by atoms with Gasteiger partial charge >= 0.3 is 0 Å². The second-order valence-electron chi connectivity index (χ2n) is 7.79. The minimum Gasteiger partial charge on any atom is -0.497 e. The van der Waals surface area contributed by atoms with Crippen molar-refractivity contribution in [2.75, 3.05) is 14.2 Å². The number of hydrogen-bond donors (Lipinski definition) is 2. The molecule has 1 amide bonds. The topological polar surface area (TPSA) is 122 Å². The molecule has 3 aromatic rings. The highest BCUT2D eigenvalue weighted by Gasteiger charge is 2.49. The SMILES string of the molecule is COc1cc(CS(=O)(=O)O)cc(-c2cccc([C@]3(c4ccccc4)N=C(N)N(C)C3=O)c2)c1.Cl. The maximum atomic E-state index is 13.4. The number of hydrogen-bond acceptors (Lipinski definition) is 6. The van der Waals surface area contributed by atoms with Gasteiger partial charge in [-0.3, -0.25) is 14.2 Å². The Morgan fingerprint density at radius 3 is 2.26 bits per heavy atom. The summed E-state index contributed by atoms with van der Waals surface area (Å²) in [7, 11) is -1.17. The summed E-state index contributed by atoms with van der Waals surface area (Å²) in [5.74, 6) is -0.269. The highest BCUT2D eigenvalue weighted by molar-refractivity contribution is 7.85. The number of ether oxygens (including phenoxy) is 1. The van der Waals surface area contributed by atoms with Gasteiger partial charge < -0.3 is 10.5 Å². The molecule has 0 saturated carbocycles. The maximum absolute atomic E-state index is 13.4. The summed E-state index contributed by atoms with van der Waals surface area (Å²) in [6.07, 6.45) is 0. The third kappa shape index (κ3) is 4.63. The van der Waals surface area contributed by atoms with Crippen LogP contribution < -0.4 is 10.5 Å². The summed E-state index contributed by atoms with van der Waals surface area (Å²) < 4.78 is 37.4. The molecular formula is C24H24ClN3O5S. The number of amides is 1. The van der Waals surface area contributed by atoms with Gasteiger partial charge in [0.15, 0.2) is 11.5 Å². The number of nitrogens with zero attached hydrogens (tertiary/aromatic N) is 2. The predicted molar refractivity (Wildman–Crippen MR) is 133 cm³/mol. The number of likely N-dealkylation sites (N-methyl/N-ethyl adjacent to an activating group) is 1. The van der Waals surface area contributed by atoms with Gasteiger partial charge in [0.1, 0.15) is 11.5 Å². The average molecular weight is 502 g/mol. The first kappa shape index (κ1) is 25.2. The van der Waals surface area contributed by atoms with Crippen LogP contribution in [0.25, 0.3) is 11.1 Å². The fourth-order valence-corrected chi connectivity index (χ4v) is 4.61. The largest absolute Gasteiger partial charge is 0.497 e. The van der Waals surface area contributed by atoms with Crippen LogP contribution in [0, 0.1) is 0 Å². The number of halogens is 1. The number of benzene rings is 3. The molecule has 0 spiro atoms. The first-order chi connectivity index (χ1) is 15.6. The summed E-state index contributed by atoms with van der Waals surface area (Å²) in [6.45, 7) is 0. The minimum atomic E-state index is -4.23. The monoisotopic (exact) mass is 501 g/mol. The third-order valence-corrected chi connectivity index (χ3v) is 6.29. The molecule has 3 N–H and O–H groups in total. The van der Waals surface area contributed by atoms with Crippen molar-refractivity contribution in [2.45, 2.75) is 11.3 Å². The molecule has 0 aromatic heterocycles. The van der Waals surface area contributed by atoms with Gasteiger partial charge in [0, 0.05) is 7.05 Å². The van der Waals surface area contributed by atoms with Crippen LogP contribution >= 0.6 is 12.4 Å². The van der Waals surface area contributed by atoms with Crippen LogP contribution in [0.5, 0.6) is 5.75 Å². The highest BCUT2D eigenvalue weighted by Crippen LogP contribution is 2.40. The van der Waals surface area contributed by atoms with E-state index >= 15 is 0 Å². The molecule has 0 saturated heterocycles. The van der Waals surface area contributed by atoms with Crippen LogP contribution in [0.2, 0.25) is 0 Å². The molecular weight excluding hydrogens is 478 g/mol. The number of nitrogens with two attached hydrogens (primary N) is 1. The number of carbonyl (C=O) groups excluding carboxylic acids is 1. The smallest absolute Gasteiger partial charge is 0.269 e. The van der Waals surface area contributed by atoms with Crippen LogP contribution in [-0.4, -0.2) is 43.9 Å². The van der Waals surface area contributed by atoms with Crippen molar-refractivity contribution in [3.8, 4) is 16.9 Å². The predicted octanol–water partition coefficient (Wildman–Crippen LogP) is 3.20. The standard InChI is InChI=1S/C24H23N3O5S.ClH/c1-27-22(28)24(26-23(27)25,19-8-4-3-5-9-19)20-10-6-7-17(13-20)18-11-16(15-33(29,30)31)12-21(14-18)32-2;/h3-14H,15H2,1-2H3,(H2,25,26)(H,29,30,31);1H/t24-;/m0./s1. The average Bonchev–Trinajstić information content (AvgIpc) is 3.03. The Balaban J connectivity index is 0.00000324. The summed E-state index contributed by atoms with van der Waals surface area (Å²) in [4.78, 5) is 19.3. The molecule has 8 nitrogen and oxygen atoms in total. The van der Waals surface area contributed by atoms with Gasteiger partial charge in [0.25, 0.3) is 16.0 Å². The molecule has 3 aromatic carbocycles. The first-order valence-corrected chi connectivity index (χ1v) is 11.7.